The number of nitrogens with zero attached hydrogens (tertiary/aromatic N) is 3. The van der Waals surface area contributed by atoms with Gasteiger partial charge in [-0.1, -0.05) is 0 Å². The van der Waals surface area contributed by atoms with Crippen LogP contribution >= 0.6 is 0 Å². The summed E-state index contributed by atoms with van der Waals surface area (Å²) in [6.45, 7) is -0.496. The standard InChI is InChI=1S/C17H14F5N3O4S/c18-12-8-13(19)10-14(9-12)30(28,29)24-5-3-23(4-6-24)15-2-1-11(17(20,21)22)7-16(15)25(26)27/h1-2,7-10H,3-6H2. The van der Waals surface area contributed by atoms with E-state index in [-0.39, 0.29) is 31.9 Å². The molecule has 1 saturated heterocycles. The number of piperazine rings is 1. The first-order valence-electron chi connectivity index (χ1n) is 8.46. The van der Waals surface area contributed by atoms with Crippen LogP contribution in [0.15, 0.2) is 41.3 Å². The number of anilines is 1. The second kappa shape index (κ2) is 7.80. The van der Waals surface area contributed by atoms with Gasteiger partial charge in [0.2, 0.25) is 10.0 Å². The highest BCUT2D eigenvalue weighted by Crippen LogP contribution is 2.37. The van der Waals surface area contributed by atoms with Crippen LogP contribution in [0, 0.1) is 21.7 Å². The zero-order valence-electron chi connectivity index (χ0n) is 15.1. The Labute approximate surface area is 167 Å². The predicted molar refractivity (Wildman–Crippen MR) is 95.4 cm³/mol. The second-order valence-electron chi connectivity index (χ2n) is 6.45. The van der Waals surface area contributed by atoms with Gasteiger partial charge < -0.3 is 4.90 Å². The molecule has 30 heavy (non-hydrogen) atoms. The molecule has 0 saturated carbocycles. The van der Waals surface area contributed by atoms with E-state index in [4.69, 9.17) is 0 Å². The molecule has 0 atom stereocenters. The van der Waals surface area contributed by atoms with Crippen molar-refractivity contribution in [3.8, 4) is 0 Å². The van der Waals surface area contributed by atoms with E-state index in [1.165, 1.54) is 4.90 Å². The van der Waals surface area contributed by atoms with E-state index < -0.39 is 48.9 Å². The molecule has 1 fully saturated rings. The molecule has 0 N–H and O–H groups in total. The first-order chi connectivity index (χ1) is 13.9. The maximum absolute atomic E-state index is 13.4. The van der Waals surface area contributed by atoms with Gasteiger partial charge in [0.05, 0.1) is 15.4 Å². The fraction of sp³-hybridized carbons (Fsp3) is 0.294. The zero-order chi connectivity index (χ0) is 22.3. The molecule has 1 heterocycles. The molecule has 162 valence electrons. The molecule has 1 aliphatic rings. The van der Waals surface area contributed by atoms with Gasteiger partial charge in [0.15, 0.2) is 0 Å². The SMILES string of the molecule is O=[N+]([O-])c1cc(C(F)(F)F)ccc1N1CCN(S(=O)(=O)c2cc(F)cc(F)c2)CC1. The van der Waals surface area contributed by atoms with E-state index in [0.29, 0.717) is 30.3 Å². The number of sulfonamides is 1. The minimum absolute atomic E-state index is 0.0662. The number of hydrogen-bond acceptors (Lipinski definition) is 5. The molecular weight excluding hydrogens is 437 g/mol. The van der Waals surface area contributed by atoms with Gasteiger partial charge in [-0.3, -0.25) is 10.1 Å². The molecule has 0 unspecified atom stereocenters. The zero-order valence-corrected chi connectivity index (χ0v) is 15.9. The maximum atomic E-state index is 13.4. The Kier molecular flexibility index (Phi) is 5.69. The van der Waals surface area contributed by atoms with Gasteiger partial charge in [-0.15, -0.1) is 0 Å². The molecule has 13 heteroatoms. The lowest BCUT2D eigenvalue weighted by Gasteiger charge is -2.35. The molecule has 7 nitrogen and oxygen atoms in total. The molecule has 1 aliphatic heterocycles. The Morgan fingerprint density at radius 3 is 2.00 bits per heavy atom. The van der Waals surface area contributed by atoms with Crippen molar-refractivity contribution >= 4 is 21.4 Å². The molecule has 0 aliphatic carbocycles. The van der Waals surface area contributed by atoms with Gasteiger partial charge in [0.1, 0.15) is 17.3 Å². The number of alkyl halides is 3. The summed E-state index contributed by atoms with van der Waals surface area (Å²) in [4.78, 5) is 11.1. The Balaban J connectivity index is 1.82. The normalized spacial score (nSPS) is 16.0. The lowest BCUT2D eigenvalue weighted by Crippen LogP contribution is -2.48. The molecular formula is C17H14F5N3O4S. The van der Waals surface area contributed by atoms with Gasteiger partial charge in [0, 0.05) is 38.3 Å². The Morgan fingerprint density at radius 1 is 0.933 bits per heavy atom. The molecule has 3 rings (SSSR count). The third kappa shape index (κ3) is 4.36. The second-order valence-corrected chi connectivity index (χ2v) is 8.39. The summed E-state index contributed by atoms with van der Waals surface area (Å²) in [6, 6.07) is 3.97. The van der Waals surface area contributed by atoms with Gasteiger partial charge in [-0.25, -0.2) is 17.2 Å². The van der Waals surface area contributed by atoms with Gasteiger partial charge >= 0.3 is 6.18 Å². The summed E-state index contributed by atoms with van der Waals surface area (Å²) in [5.41, 5.74) is -2.01. The predicted octanol–water partition coefficient (Wildman–Crippen LogP) is 3.40. The lowest BCUT2D eigenvalue weighted by molar-refractivity contribution is -0.384. The van der Waals surface area contributed by atoms with Crippen LogP contribution in [0.1, 0.15) is 5.56 Å². The fourth-order valence-electron chi connectivity index (χ4n) is 3.11. The Morgan fingerprint density at radius 2 is 1.50 bits per heavy atom. The average Bonchev–Trinajstić information content (AvgIpc) is 2.66. The quantitative estimate of drug-likeness (QED) is 0.404. The molecule has 0 amide bonds. The fourth-order valence-corrected chi connectivity index (χ4v) is 4.57. The summed E-state index contributed by atoms with van der Waals surface area (Å²) < 4.78 is 91.4. The van der Waals surface area contributed by atoms with Crippen LogP contribution in [0.3, 0.4) is 0 Å². The Bertz CT molecular complexity index is 1060. The third-order valence-electron chi connectivity index (χ3n) is 4.55. The van der Waals surface area contributed by atoms with Crippen molar-refractivity contribution in [1.82, 2.24) is 4.31 Å². The summed E-state index contributed by atoms with van der Waals surface area (Å²) in [5.74, 6) is -2.12. The van der Waals surface area contributed by atoms with Crippen LogP contribution < -0.4 is 4.90 Å². The monoisotopic (exact) mass is 451 g/mol. The summed E-state index contributed by atoms with van der Waals surface area (Å²) in [5, 5.41) is 11.3. The molecule has 0 radical (unpaired) electrons. The minimum atomic E-state index is -4.75. The van der Waals surface area contributed by atoms with Gasteiger partial charge in [0.25, 0.3) is 5.69 Å². The van der Waals surface area contributed by atoms with Crippen LogP contribution in [0.4, 0.5) is 33.3 Å². The minimum Gasteiger partial charge on any atom is -0.363 e. The van der Waals surface area contributed by atoms with Crippen molar-refractivity contribution in [1.29, 1.82) is 0 Å². The maximum Gasteiger partial charge on any atom is 0.416 e. The van der Waals surface area contributed by atoms with Crippen molar-refractivity contribution in [2.75, 3.05) is 31.1 Å². The number of benzene rings is 2. The number of rotatable bonds is 4. The highest BCUT2D eigenvalue weighted by Gasteiger charge is 2.35. The topological polar surface area (TPSA) is 83.8 Å². The van der Waals surface area contributed by atoms with Crippen molar-refractivity contribution < 1.29 is 35.3 Å². The number of hydrogen-bond donors (Lipinski definition) is 0. The van der Waals surface area contributed by atoms with Crippen molar-refractivity contribution in [3.05, 3.63) is 63.7 Å². The third-order valence-corrected chi connectivity index (χ3v) is 6.43. The van der Waals surface area contributed by atoms with E-state index in [1.54, 1.807) is 0 Å². The number of halogens is 5. The van der Waals surface area contributed by atoms with E-state index >= 15 is 0 Å². The average molecular weight is 451 g/mol. The summed E-state index contributed by atoms with van der Waals surface area (Å²) in [6.07, 6.45) is -4.75. The van der Waals surface area contributed by atoms with E-state index in [9.17, 15) is 40.5 Å². The summed E-state index contributed by atoms with van der Waals surface area (Å²) >= 11 is 0. The van der Waals surface area contributed by atoms with Crippen molar-refractivity contribution in [2.24, 2.45) is 0 Å². The van der Waals surface area contributed by atoms with Crippen LogP contribution in [-0.4, -0.2) is 43.8 Å². The van der Waals surface area contributed by atoms with E-state index in [0.717, 1.165) is 10.4 Å². The molecule has 2 aromatic carbocycles. The van der Waals surface area contributed by atoms with Crippen molar-refractivity contribution in [3.63, 3.8) is 0 Å². The van der Waals surface area contributed by atoms with Crippen LogP contribution in [0.5, 0.6) is 0 Å². The number of nitro benzene ring substituents is 1. The van der Waals surface area contributed by atoms with Crippen molar-refractivity contribution in [2.45, 2.75) is 11.1 Å². The van der Waals surface area contributed by atoms with Gasteiger partial charge in [-0.05, 0) is 24.3 Å². The van der Waals surface area contributed by atoms with Crippen LogP contribution in [0.25, 0.3) is 0 Å². The largest absolute Gasteiger partial charge is 0.416 e. The number of nitro groups is 1. The van der Waals surface area contributed by atoms with E-state index in [1.807, 2.05) is 0 Å². The van der Waals surface area contributed by atoms with Crippen LogP contribution in [0.2, 0.25) is 0 Å². The molecule has 0 bridgehead atoms. The Hall–Kier alpha value is -2.80. The first-order valence-corrected chi connectivity index (χ1v) is 9.90. The highest BCUT2D eigenvalue weighted by atomic mass is 32.2. The smallest absolute Gasteiger partial charge is 0.363 e. The van der Waals surface area contributed by atoms with E-state index in [2.05, 4.69) is 0 Å². The van der Waals surface area contributed by atoms with Gasteiger partial charge in [-0.2, -0.15) is 17.5 Å². The van der Waals surface area contributed by atoms with Crippen LogP contribution in [-0.2, 0) is 16.2 Å². The highest BCUT2D eigenvalue weighted by molar-refractivity contribution is 7.89. The molecule has 0 aromatic heterocycles. The first kappa shape index (κ1) is 21.9. The lowest BCUT2D eigenvalue weighted by atomic mass is 10.1. The molecule has 0 spiro atoms. The summed E-state index contributed by atoms with van der Waals surface area (Å²) in [7, 11) is -4.22. The molecule has 2 aromatic rings.